The lowest BCUT2D eigenvalue weighted by atomic mass is 10.2. The van der Waals surface area contributed by atoms with Crippen LogP contribution in [0.5, 0.6) is 0 Å². The summed E-state index contributed by atoms with van der Waals surface area (Å²) in [6, 6.07) is 0. The molecule has 1 aliphatic heterocycles. The molecule has 1 amide bonds. The molecule has 2 N–H and O–H groups in total. The highest BCUT2D eigenvalue weighted by Gasteiger charge is 2.03. The fraction of sp³-hybridized carbons (Fsp3) is 0.462. The third kappa shape index (κ3) is 6.55. The summed E-state index contributed by atoms with van der Waals surface area (Å²) in [5.74, 6) is -0.944. The van der Waals surface area contributed by atoms with Crippen molar-refractivity contribution in [1.82, 2.24) is 10.2 Å². The minimum absolute atomic E-state index is 0.0448. The Hall–Kier alpha value is -2.00. The third-order valence-corrected chi connectivity index (χ3v) is 2.42. The lowest BCUT2D eigenvalue weighted by Gasteiger charge is -2.15. The molecule has 0 saturated carbocycles. The minimum Gasteiger partial charge on any atom is -0.481 e. The first-order valence-electron chi connectivity index (χ1n) is 6.02. The fourth-order valence-corrected chi connectivity index (χ4v) is 1.51. The Morgan fingerprint density at radius 1 is 1.28 bits per heavy atom. The number of aliphatic carboxylic acids is 1. The van der Waals surface area contributed by atoms with E-state index in [1.165, 1.54) is 0 Å². The minimum atomic E-state index is -0.862. The molecule has 0 aromatic carbocycles. The van der Waals surface area contributed by atoms with Crippen LogP contribution in [0.4, 0.5) is 0 Å². The second-order valence-corrected chi connectivity index (χ2v) is 3.99. The van der Waals surface area contributed by atoms with E-state index in [-0.39, 0.29) is 18.7 Å². The largest absolute Gasteiger partial charge is 0.481 e. The van der Waals surface area contributed by atoms with Crippen molar-refractivity contribution in [1.29, 1.82) is 0 Å². The van der Waals surface area contributed by atoms with Crippen molar-refractivity contribution in [2.24, 2.45) is 0 Å². The molecule has 0 atom stereocenters. The van der Waals surface area contributed by atoms with Gasteiger partial charge in [-0.2, -0.15) is 0 Å². The van der Waals surface area contributed by atoms with Crippen LogP contribution in [-0.4, -0.2) is 35.0 Å². The Morgan fingerprint density at radius 2 is 2.11 bits per heavy atom. The number of carbonyl (C=O) groups excluding carboxylic acids is 1. The second kappa shape index (κ2) is 8.14. The van der Waals surface area contributed by atoms with Crippen LogP contribution in [0.15, 0.2) is 30.3 Å². The van der Waals surface area contributed by atoms with E-state index >= 15 is 0 Å². The molecule has 5 heteroatoms. The maximum atomic E-state index is 11.3. The van der Waals surface area contributed by atoms with Crippen molar-refractivity contribution in [2.45, 2.75) is 25.7 Å². The number of nitrogens with one attached hydrogen (secondary N) is 1. The quantitative estimate of drug-likeness (QED) is 0.502. The molecule has 98 valence electrons. The number of hydrogen-bond acceptors (Lipinski definition) is 3. The highest BCUT2D eigenvalue weighted by Crippen LogP contribution is 1.98. The van der Waals surface area contributed by atoms with Crippen LogP contribution in [0, 0.1) is 0 Å². The molecule has 0 aliphatic carbocycles. The number of carboxylic acid groups (broad SMARTS) is 1. The van der Waals surface area contributed by atoms with Gasteiger partial charge in [-0.25, -0.2) is 0 Å². The summed E-state index contributed by atoms with van der Waals surface area (Å²) in [5.41, 5.74) is 2.97. The molecule has 1 rings (SSSR count). The monoisotopic (exact) mass is 250 g/mol. The molecule has 0 spiro atoms. The Kier molecular flexibility index (Phi) is 6.36. The predicted octanol–water partition coefficient (Wildman–Crippen LogP) is 1.25. The van der Waals surface area contributed by atoms with Gasteiger partial charge in [-0.1, -0.05) is 0 Å². The Morgan fingerprint density at radius 3 is 2.78 bits per heavy atom. The Balaban J connectivity index is 2.00. The lowest BCUT2D eigenvalue weighted by molar-refractivity contribution is -0.137. The van der Waals surface area contributed by atoms with Gasteiger partial charge in [0.2, 0.25) is 5.91 Å². The van der Waals surface area contributed by atoms with Gasteiger partial charge in [0.05, 0.1) is 0 Å². The SMILES string of the molecule is O=C(O)CCCC(=O)NCCCN1C=C=CC=C1. The molecule has 0 fully saturated rings. The van der Waals surface area contributed by atoms with Gasteiger partial charge in [0.1, 0.15) is 0 Å². The molecule has 18 heavy (non-hydrogen) atoms. The van der Waals surface area contributed by atoms with E-state index in [1.54, 1.807) is 0 Å². The molecule has 0 bridgehead atoms. The van der Waals surface area contributed by atoms with Gasteiger partial charge >= 0.3 is 5.97 Å². The number of rotatable bonds is 8. The molecule has 1 aliphatic rings. The van der Waals surface area contributed by atoms with Crippen molar-refractivity contribution in [3.05, 3.63) is 30.3 Å². The number of nitrogens with zero attached hydrogens (tertiary/aromatic N) is 1. The normalized spacial score (nSPS) is 12.8. The van der Waals surface area contributed by atoms with Crippen LogP contribution >= 0.6 is 0 Å². The third-order valence-electron chi connectivity index (χ3n) is 2.42. The maximum Gasteiger partial charge on any atom is 0.303 e. The molecule has 5 nitrogen and oxygen atoms in total. The van der Waals surface area contributed by atoms with E-state index in [9.17, 15) is 9.59 Å². The van der Waals surface area contributed by atoms with Crippen molar-refractivity contribution >= 4 is 11.9 Å². The average Bonchev–Trinajstić information content (AvgIpc) is 2.35. The summed E-state index contributed by atoms with van der Waals surface area (Å²) in [7, 11) is 0. The highest BCUT2D eigenvalue weighted by molar-refractivity contribution is 5.76. The van der Waals surface area contributed by atoms with E-state index in [4.69, 9.17) is 5.11 Å². The van der Waals surface area contributed by atoms with Crippen LogP contribution in [-0.2, 0) is 9.59 Å². The van der Waals surface area contributed by atoms with Crippen molar-refractivity contribution < 1.29 is 14.7 Å². The second-order valence-electron chi connectivity index (χ2n) is 3.99. The Labute approximate surface area is 106 Å². The van der Waals surface area contributed by atoms with Gasteiger partial charge in [0.25, 0.3) is 0 Å². The van der Waals surface area contributed by atoms with Crippen molar-refractivity contribution in [3.8, 4) is 0 Å². The number of carboxylic acids is 1. The molecule has 1 heterocycles. The number of amides is 1. The van der Waals surface area contributed by atoms with E-state index in [2.05, 4.69) is 11.0 Å². The molecule has 0 radical (unpaired) electrons. The van der Waals surface area contributed by atoms with E-state index in [0.717, 1.165) is 13.0 Å². The number of carbonyl (C=O) groups is 2. The zero-order valence-corrected chi connectivity index (χ0v) is 10.3. The molecule has 0 saturated heterocycles. The van der Waals surface area contributed by atoms with Gasteiger partial charge in [-0.3, -0.25) is 9.59 Å². The van der Waals surface area contributed by atoms with Gasteiger partial charge < -0.3 is 15.3 Å². The standard InChI is InChI=1S/C13H18N2O3/c16-12(6-4-7-13(17)18)14-8-5-11-15-9-2-1-3-10-15/h1-2,9-10H,4-8,11H2,(H,14,16)(H,17,18). The Bertz CT molecular complexity index is 382. The molecular weight excluding hydrogens is 232 g/mol. The van der Waals surface area contributed by atoms with Crippen LogP contribution in [0.1, 0.15) is 25.7 Å². The lowest BCUT2D eigenvalue weighted by Crippen LogP contribution is -2.26. The predicted molar refractivity (Wildman–Crippen MR) is 67.6 cm³/mol. The smallest absolute Gasteiger partial charge is 0.303 e. The molecule has 0 unspecified atom stereocenters. The zero-order valence-electron chi connectivity index (χ0n) is 10.3. The van der Waals surface area contributed by atoms with Gasteiger partial charge in [0.15, 0.2) is 0 Å². The number of hydrogen-bond donors (Lipinski definition) is 2. The zero-order chi connectivity index (χ0) is 13.2. The van der Waals surface area contributed by atoms with Crippen LogP contribution < -0.4 is 5.32 Å². The van der Waals surface area contributed by atoms with Gasteiger partial charge in [0, 0.05) is 38.3 Å². The first-order valence-corrected chi connectivity index (χ1v) is 6.02. The topological polar surface area (TPSA) is 69.6 Å². The average molecular weight is 250 g/mol. The van der Waals surface area contributed by atoms with E-state index < -0.39 is 5.97 Å². The van der Waals surface area contributed by atoms with E-state index in [0.29, 0.717) is 13.0 Å². The summed E-state index contributed by atoms with van der Waals surface area (Å²) in [6.07, 6.45) is 9.10. The summed E-state index contributed by atoms with van der Waals surface area (Å²) in [6.45, 7) is 1.43. The van der Waals surface area contributed by atoms with Crippen LogP contribution in [0.25, 0.3) is 0 Å². The fourth-order valence-electron chi connectivity index (χ4n) is 1.51. The number of allylic oxidation sites excluding steroid dienone is 2. The maximum absolute atomic E-state index is 11.3. The molecular formula is C13H18N2O3. The van der Waals surface area contributed by atoms with Gasteiger partial charge in [-0.15, -0.1) is 5.73 Å². The van der Waals surface area contributed by atoms with Crippen molar-refractivity contribution in [3.63, 3.8) is 0 Å². The molecule has 0 aromatic rings. The van der Waals surface area contributed by atoms with Crippen molar-refractivity contribution in [2.75, 3.05) is 13.1 Å². The molecule has 0 aromatic heterocycles. The summed E-state index contributed by atoms with van der Waals surface area (Å²) >= 11 is 0. The van der Waals surface area contributed by atoms with E-state index in [1.807, 2.05) is 29.5 Å². The highest BCUT2D eigenvalue weighted by atomic mass is 16.4. The van der Waals surface area contributed by atoms with Gasteiger partial charge in [-0.05, 0) is 25.0 Å². The first kappa shape index (κ1) is 14.1. The first-order chi connectivity index (χ1) is 8.68. The van der Waals surface area contributed by atoms with Crippen LogP contribution in [0.3, 0.4) is 0 Å². The summed E-state index contributed by atoms with van der Waals surface area (Å²) in [5, 5.41) is 11.2. The summed E-state index contributed by atoms with van der Waals surface area (Å²) in [4.78, 5) is 23.6. The van der Waals surface area contributed by atoms with Crippen LogP contribution in [0.2, 0.25) is 0 Å². The summed E-state index contributed by atoms with van der Waals surface area (Å²) < 4.78 is 0.